The van der Waals surface area contributed by atoms with Crippen molar-refractivity contribution in [3.8, 4) is 5.69 Å². The predicted octanol–water partition coefficient (Wildman–Crippen LogP) is 4.82. The largest absolute Gasteiger partial charge is 0.318 e. The SMILES string of the molecule is Cc1ccccc1C(=O)N/N=C/c1cc(C)n(-c2ccc(Cl)cc2)c1C. The van der Waals surface area contributed by atoms with Crippen LogP contribution in [0.25, 0.3) is 5.69 Å². The maximum atomic E-state index is 12.2. The molecule has 4 nitrogen and oxygen atoms in total. The summed E-state index contributed by atoms with van der Waals surface area (Å²) in [6, 6.07) is 17.1. The molecule has 0 radical (unpaired) electrons. The summed E-state index contributed by atoms with van der Waals surface area (Å²) < 4.78 is 2.13. The maximum Gasteiger partial charge on any atom is 0.271 e. The molecule has 1 aromatic heterocycles. The quantitative estimate of drug-likeness (QED) is 0.523. The fourth-order valence-electron chi connectivity index (χ4n) is 2.95. The van der Waals surface area contributed by atoms with Crippen LogP contribution in [-0.4, -0.2) is 16.7 Å². The molecule has 0 spiro atoms. The molecule has 2 aromatic carbocycles. The second kappa shape index (κ2) is 7.58. The summed E-state index contributed by atoms with van der Waals surface area (Å²) in [5.74, 6) is -0.217. The van der Waals surface area contributed by atoms with Crippen LogP contribution >= 0.6 is 11.6 Å². The Bertz CT molecular complexity index is 971. The number of amides is 1. The van der Waals surface area contributed by atoms with Crippen molar-refractivity contribution >= 4 is 23.7 Å². The number of hydrogen-bond donors (Lipinski definition) is 1. The van der Waals surface area contributed by atoms with Gasteiger partial charge in [0, 0.05) is 33.2 Å². The smallest absolute Gasteiger partial charge is 0.271 e. The number of hydrogen-bond acceptors (Lipinski definition) is 2. The van der Waals surface area contributed by atoms with Crippen molar-refractivity contribution in [2.45, 2.75) is 20.8 Å². The highest BCUT2D eigenvalue weighted by molar-refractivity contribution is 6.30. The zero-order valence-corrected chi connectivity index (χ0v) is 15.7. The first-order valence-electron chi connectivity index (χ1n) is 8.31. The van der Waals surface area contributed by atoms with E-state index in [2.05, 4.69) is 15.1 Å². The molecule has 0 atom stereocenters. The monoisotopic (exact) mass is 365 g/mol. The standard InChI is InChI=1S/C21H20ClN3O/c1-14-6-4-5-7-20(14)21(26)24-23-13-17-12-15(2)25(16(17)3)19-10-8-18(22)9-11-19/h4-13H,1-3H3,(H,24,26)/b23-13+. The minimum Gasteiger partial charge on any atom is -0.318 e. The molecule has 1 heterocycles. The van der Waals surface area contributed by atoms with Gasteiger partial charge in [0.05, 0.1) is 6.21 Å². The topological polar surface area (TPSA) is 46.4 Å². The third-order valence-electron chi connectivity index (χ3n) is 4.31. The molecule has 0 aliphatic heterocycles. The van der Waals surface area contributed by atoms with E-state index in [4.69, 9.17) is 11.6 Å². The lowest BCUT2D eigenvalue weighted by molar-refractivity contribution is 0.0954. The highest BCUT2D eigenvalue weighted by atomic mass is 35.5. The molecule has 3 rings (SSSR count). The number of benzene rings is 2. The zero-order chi connectivity index (χ0) is 18.7. The van der Waals surface area contributed by atoms with Gasteiger partial charge in [-0.05, 0) is 62.7 Å². The number of hydrazone groups is 1. The Hall–Kier alpha value is -2.85. The van der Waals surface area contributed by atoms with E-state index in [0.29, 0.717) is 10.6 Å². The van der Waals surface area contributed by atoms with E-state index in [-0.39, 0.29) is 5.91 Å². The number of carbonyl (C=O) groups is 1. The molecule has 1 amide bonds. The van der Waals surface area contributed by atoms with E-state index in [9.17, 15) is 4.79 Å². The first-order chi connectivity index (χ1) is 12.5. The van der Waals surface area contributed by atoms with Crippen LogP contribution < -0.4 is 5.43 Å². The average molecular weight is 366 g/mol. The number of aromatic nitrogens is 1. The lowest BCUT2D eigenvalue weighted by Gasteiger charge is -2.09. The van der Waals surface area contributed by atoms with Crippen molar-refractivity contribution < 1.29 is 4.79 Å². The summed E-state index contributed by atoms with van der Waals surface area (Å²) in [4.78, 5) is 12.2. The van der Waals surface area contributed by atoms with Crippen LogP contribution in [0.2, 0.25) is 5.02 Å². The summed E-state index contributed by atoms with van der Waals surface area (Å²) in [5, 5.41) is 4.83. The number of halogens is 1. The summed E-state index contributed by atoms with van der Waals surface area (Å²) in [6.45, 7) is 5.95. The minimum absolute atomic E-state index is 0.217. The van der Waals surface area contributed by atoms with Crippen LogP contribution in [0.3, 0.4) is 0 Å². The highest BCUT2D eigenvalue weighted by Crippen LogP contribution is 2.21. The molecule has 0 aliphatic carbocycles. The Labute approximate surface area is 158 Å². The van der Waals surface area contributed by atoms with Gasteiger partial charge in [-0.3, -0.25) is 4.79 Å². The molecule has 132 valence electrons. The van der Waals surface area contributed by atoms with Crippen LogP contribution in [0.5, 0.6) is 0 Å². The third-order valence-corrected chi connectivity index (χ3v) is 4.57. The Balaban J connectivity index is 1.79. The van der Waals surface area contributed by atoms with E-state index in [0.717, 1.165) is 28.2 Å². The molecular weight excluding hydrogens is 346 g/mol. The Morgan fingerprint density at radius 2 is 1.77 bits per heavy atom. The van der Waals surface area contributed by atoms with Crippen LogP contribution in [0.1, 0.15) is 32.9 Å². The Morgan fingerprint density at radius 3 is 2.46 bits per heavy atom. The van der Waals surface area contributed by atoms with Crippen LogP contribution in [0.4, 0.5) is 0 Å². The average Bonchev–Trinajstić information content (AvgIpc) is 2.90. The molecule has 3 aromatic rings. The van der Waals surface area contributed by atoms with E-state index in [1.807, 2.05) is 69.3 Å². The Morgan fingerprint density at radius 1 is 1.08 bits per heavy atom. The third kappa shape index (κ3) is 3.70. The van der Waals surface area contributed by atoms with Crippen molar-refractivity contribution in [3.63, 3.8) is 0 Å². The molecular formula is C21H20ClN3O. The van der Waals surface area contributed by atoms with E-state index in [1.54, 1.807) is 12.3 Å². The summed E-state index contributed by atoms with van der Waals surface area (Å²) in [7, 11) is 0. The molecule has 1 N–H and O–H groups in total. The first-order valence-corrected chi connectivity index (χ1v) is 8.69. The van der Waals surface area contributed by atoms with Crippen LogP contribution in [-0.2, 0) is 0 Å². The summed E-state index contributed by atoms with van der Waals surface area (Å²) >= 11 is 5.97. The lowest BCUT2D eigenvalue weighted by atomic mass is 10.1. The van der Waals surface area contributed by atoms with Gasteiger partial charge in [-0.1, -0.05) is 29.8 Å². The van der Waals surface area contributed by atoms with Crippen LogP contribution in [0.15, 0.2) is 59.7 Å². The number of nitrogens with zero attached hydrogens (tertiary/aromatic N) is 2. The molecule has 26 heavy (non-hydrogen) atoms. The summed E-state index contributed by atoms with van der Waals surface area (Å²) in [6.07, 6.45) is 1.67. The van der Waals surface area contributed by atoms with Crippen molar-refractivity contribution in [1.82, 2.24) is 9.99 Å². The van der Waals surface area contributed by atoms with Gasteiger partial charge in [0.15, 0.2) is 0 Å². The minimum atomic E-state index is -0.217. The molecule has 0 saturated carbocycles. The number of rotatable bonds is 4. The summed E-state index contributed by atoms with van der Waals surface area (Å²) in [5.41, 5.74) is 8.24. The van der Waals surface area contributed by atoms with Gasteiger partial charge in [-0.15, -0.1) is 0 Å². The van der Waals surface area contributed by atoms with Gasteiger partial charge in [0.25, 0.3) is 5.91 Å². The van der Waals surface area contributed by atoms with E-state index in [1.165, 1.54) is 0 Å². The first kappa shape index (κ1) is 18.0. The predicted molar refractivity (Wildman–Crippen MR) is 106 cm³/mol. The number of nitrogens with one attached hydrogen (secondary N) is 1. The van der Waals surface area contributed by atoms with Gasteiger partial charge in [0.2, 0.25) is 0 Å². The van der Waals surface area contributed by atoms with E-state index < -0.39 is 0 Å². The number of carbonyl (C=O) groups excluding carboxylic acids is 1. The molecule has 0 bridgehead atoms. The molecule has 5 heteroatoms. The zero-order valence-electron chi connectivity index (χ0n) is 15.0. The maximum absolute atomic E-state index is 12.2. The number of aryl methyl sites for hydroxylation is 2. The van der Waals surface area contributed by atoms with Crippen molar-refractivity contribution in [2.75, 3.05) is 0 Å². The second-order valence-corrected chi connectivity index (χ2v) is 6.59. The van der Waals surface area contributed by atoms with Crippen molar-refractivity contribution in [3.05, 3.63) is 87.7 Å². The highest BCUT2D eigenvalue weighted by Gasteiger charge is 2.10. The van der Waals surface area contributed by atoms with Gasteiger partial charge in [-0.2, -0.15) is 5.10 Å². The van der Waals surface area contributed by atoms with Gasteiger partial charge in [0.1, 0.15) is 0 Å². The van der Waals surface area contributed by atoms with Gasteiger partial charge >= 0.3 is 0 Å². The normalized spacial score (nSPS) is 11.1. The van der Waals surface area contributed by atoms with Crippen molar-refractivity contribution in [2.24, 2.45) is 5.10 Å². The van der Waals surface area contributed by atoms with E-state index >= 15 is 0 Å². The van der Waals surface area contributed by atoms with Gasteiger partial charge in [-0.25, -0.2) is 5.43 Å². The molecule has 0 aliphatic rings. The molecule has 0 unspecified atom stereocenters. The van der Waals surface area contributed by atoms with Gasteiger partial charge < -0.3 is 4.57 Å². The molecule has 0 saturated heterocycles. The fraction of sp³-hybridized carbons (Fsp3) is 0.143. The van der Waals surface area contributed by atoms with Crippen LogP contribution in [0, 0.1) is 20.8 Å². The Kier molecular flexibility index (Phi) is 5.24. The fourth-order valence-corrected chi connectivity index (χ4v) is 3.08. The lowest BCUT2D eigenvalue weighted by Crippen LogP contribution is -2.18. The molecule has 0 fully saturated rings. The second-order valence-electron chi connectivity index (χ2n) is 6.15. The van der Waals surface area contributed by atoms with Crippen molar-refractivity contribution in [1.29, 1.82) is 0 Å².